The van der Waals surface area contributed by atoms with E-state index < -0.39 is 0 Å². The van der Waals surface area contributed by atoms with Crippen LogP contribution in [0.5, 0.6) is 5.75 Å². The first kappa shape index (κ1) is 15.5. The Balaban J connectivity index is 2.04. The predicted molar refractivity (Wildman–Crippen MR) is 87.1 cm³/mol. The van der Waals surface area contributed by atoms with Gasteiger partial charge in [0, 0.05) is 18.2 Å². The number of benzene rings is 2. The van der Waals surface area contributed by atoms with Crippen molar-refractivity contribution in [1.29, 1.82) is 0 Å². The number of rotatable bonds is 5. The Kier molecular flexibility index (Phi) is 5.09. The summed E-state index contributed by atoms with van der Waals surface area (Å²) in [6.45, 7) is 1.44. The van der Waals surface area contributed by atoms with E-state index in [4.69, 9.17) is 4.74 Å². The zero-order chi connectivity index (χ0) is 15.9. The summed E-state index contributed by atoms with van der Waals surface area (Å²) in [5, 5.41) is 2.66. The summed E-state index contributed by atoms with van der Waals surface area (Å²) in [5.74, 6) is 0.542. The minimum absolute atomic E-state index is 0.0924. The summed E-state index contributed by atoms with van der Waals surface area (Å²) in [6.07, 6.45) is 3.28. The Bertz CT molecular complexity index is 685. The van der Waals surface area contributed by atoms with Crippen LogP contribution in [0.15, 0.2) is 54.6 Å². The molecule has 112 valence electrons. The molecule has 1 N–H and O–H groups in total. The minimum Gasteiger partial charge on any atom is -0.497 e. The van der Waals surface area contributed by atoms with Gasteiger partial charge in [0.05, 0.1) is 7.11 Å². The first-order valence-electron chi connectivity index (χ1n) is 6.82. The van der Waals surface area contributed by atoms with Gasteiger partial charge in [0.25, 0.3) is 0 Å². The van der Waals surface area contributed by atoms with Gasteiger partial charge in [0.2, 0.25) is 5.91 Å². The fraction of sp³-hybridized carbons (Fsp3) is 0.111. The van der Waals surface area contributed by atoms with Gasteiger partial charge in [-0.3, -0.25) is 9.59 Å². The maximum atomic E-state index is 12.1. The molecule has 0 spiro atoms. The van der Waals surface area contributed by atoms with E-state index in [1.54, 1.807) is 37.5 Å². The predicted octanol–water partition coefficient (Wildman–Crippen LogP) is 3.55. The molecule has 0 saturated carbocycles. The Labute approximate surface area is 129 Å². The number of carbonyl (C=O) groups excluding carboxylic acids is 2. The molecule has 0 bridgehead atoms. The van der Waals surface area contributed by atoms with Crippen LogP contribution in [0.1, 0.15) is 22.8 Å². The van der Waals surface area contributed by atoms with Crippen LogP contribution < -0.4 is 10.1 Å². The van der Waals surface area contributed by atoms with Gasteiger partial charge in [-0.1, -0.05) is 18.2 Å². The number of ketones is 1. The van der Waals surface area contributed by atoms with E-state index in [0.717, 1.165) is 11.3 Å². The largest absolute Gasteiger partial charge is 0.497 e. The highest BCUT2D eigenvalue weighted by Crippen LogP contribution is 2.14. The molecule has 0 fully saturated rings. The van der Waals surface area contributed by atoms with E-state index in [1.807, 2.05) is 24.3 Å². The second-order valence-electron chi connectivity index (χ2n) is 4.73. The minimum atomic E-state index is -0.140. The highest BCUT2D eigenvalue weighted by atomic mass is 16.5. The summed E-state index contributed by atoms with van der Waals surface area (Å²) in [5.41, 5.74) is 2.16. The van der Waals surface area contributed by atoms with Gasteiger partial charge in [-0.25, -0.2) is 0 Å². The zero-order valence-corrected chi connectivity index (χ0v) is 12.5. The van der Waals surface area contributed by atoms with Gasteiger partial charge in [-0.15, -0.1) is 0 Å². The zero-order valence-electron chi connectivity index (χ0n) is 12.5. The van der Waals surface area contributed by atoms with Crippen LogP contribution in [-0.4, -0.2) is 18.8 Å². The summed E-state index contributed by atoms with van der Waals surface area (Å²) >= 11 is 0. The highest BCUT2D eigenvalue weighted by molar-refractivity contribution is 6.07. The molecule has 2 aromatic rings. The second kappa shape index (κ2) is 7.22. The molecule has 22 heavy (non-hydrogen) atoms. The molecule has 2 rings (SSSR count). The first-order chi connectivity index (χ1) is 10.6. The lowest BCUT2D eigenvalue weighted by molar-refractivity contribution is -0.114. The number of carbonyl (C=O) groups is 2. The van der Waals surface area contributed by atoms with Crippen LogP contribution in [-0.2, 0) is 4.79 Å². The fourth-order valence-corrected chi connectivity index (χ4v) is 1.90. The first-order valence-corrected chi connectivity index (χ1v) is 6.82. The molecule has 4 nitrogen and oxygen atoms in total. The van der Waals surface area contributed by atoms with Crippen LogP contribution in [0.3, 0.4) is 0 Å². The van der Waals surface area contributed by atoms with Crippen LogP contribution in [0.25, 0.3) is 6.08 Å². The quantitative estimate of drug-likeness (QED) is 0.678. The molecule has 0 aliphatic carbocycles. The number of anilines is 1. The molecule has 0 atom stereocenters. The summed E-state index contributed by atoms with van der Waals surface area (Å²) < 4.78 is 5.08. The normalized spacial score (nSPS) is 10.5. The van der Waals surface area contributed by atoms with Gasteiger partial charge in [0.15, 0.2) is 5.78 Å². The molecular weight excluding hydrogens is 278 g/mol. The third kappa shape index (κ3) is 4.31. The lowest BCUT2D eigenvalue weighted by atomic mass is 10.1. The van der Waals surface area contributed by atoms with Crippen LogP contribution in [0.4, 0.5) is 5.69 Å². The molecule has 0 aliphatic heterocycles. The molecule has 4 heteroatoms. The summed E-state index contributed by atoms with van der Waals surface area (Å²) in [7, 11) is 1.61. The Morgan fingerprint density at radius 2 is 1.64 bits per heavy atom. The molecule has 0 saturated heterocycles. The van der Waals surface area contributed by atoms with Crippen molar-refractivity contribution in [3.8, 4) is 5.75 Å². The number of ether oxygens (including phenoxy) is 1. The molecule has 0 aliphatic rings. The maximum Gasteiger partial charge on any atom is 0.221 e. The third-order valence-corrected chi connectivity index (χ3v) is 3.03. The monoisotopic (exact) mass is 295 g/mol. The fourth-order valence-electron chi connectivity index (χ4n) is 1.90. The summed E-state index contributed by atoms with van der Waals surface area (Å²) in [4.78, 5) is 23.0. The Morgan fingerprint density at radius 3 is 2.18 bits per heavy atom. The molecule has 0 heterocycles. The number of hydrogen-bond acceptors (Lipinski definition) is 3. The van der Waals surface area contributed by atoms with Crippen molar-refractivity contribution in [3.63, 3.8) is 0 Å². The van der Waals surface area contributed by atoms with Crippen molar-refractivity contribution in [2.75, 3.05) is 12.4 Å². The molecular formula is C18H17NO3. The smallest absolute Gasteiger partial charge is 0.221 e. The van der Waals surface area contributed by atoms with E-state index in [-0.39, 0.29) is 11.7 Å². The van der Waals surface area contributed by atoms with Crippen molar-refractivity contribution < 1.29 is 14.3 Å². The Hall–Kier alpha value is -2.88. The third-order valence-electron chi connectivity index (χ3n) is 3.03. The molecule has 0 unspecified atom stereocenters. The molecule has 0 aromatic heterocycles. The molecule has 1 amide bonds. The van der Waals surface area contributed by atoms with Gasteiger partial charge >= 0.3 is 0 Å². The van der Waals surface area contributed by atoms with E-state index >= 15 is 0 Å². The number of amides is 1. The number of hydrogen-bond donors (Lipinski definition) is 1. The Morgan fingerprint density at radius 1 is 1.00 bits per heavy atom. The van der Waals surface area contributed by atoms with Crippen LogP contribution in [0.2, 0.25) is 0 Å². The summed E-state index contributed by atoms with van der Waals surface area (Å²) in [6, 6.07) is 14.2. The van der Waals surface area contributed by atoms with Crippen LogP contribution >= 0.6 is 0 Å². The van der Waals surface area contributed by atoms with Crippen LogP contribution in [0, 0.1) is 0 Å². The van der Waals surface area contributed by atoms with E-state index in [1.165, 1.54) is 13.0 Å². The standard InChI is InChI=1S/C18H17NO3/c1-13(20)19-16-8-6-15(7-9-16)18(21)12-5-14-3-10-17(22-2)11-4-14/h3-12H,1-2H3,(H,19,20). The van der Waals surface area contributed by atoms with Gasteiger partial charge in [0.1, 0.15) is 5.75 Å². The lowest BCUT2D eigenvalue weighted by Gasteiger charge is -2.02. The van der Waals surface area contributed by atoms with Gasteiger partial charge in [-0.05, 0) is 48.0 Å². The SMILES string of the molecule is COc1ccc(C=CC(=O)c2ccc(NC(C)=O)cc2)cc1. The van der Waals surface area contributed by atoms with Crippen molar-refractivity contribution in [3.05, 3.63) is 65.7 Å². The van der Waals surface area contributed by atoms with E-state index in [2.05, 4.69) is 5.32 Å². The molecule has 0 radical (unpaired) electrons. The van der Waals surface area contributed by atoms with Crippen molar-refractivity contribution >= 4 is 23.5 Å². The molecule has 2 aromatic carbocycles. The highest BCUT2D eigenvalue weighted by Gasteiger charge is 2.02. The van der Waals surface area contributed by atoms with Crippen molar-refractivity contribution in [2.45, 2.75) is 6.92 Å². The van der Waals surface area contributed by atoms with E-state index in [0.29, 0.717) is 11.3 Å². The van der Waals surface area contributed by atoms with Crippen molar-refractivity contribution in [1.82, 2.24) is 0 Å². The maximum absolute atomic E-state index is 12.1. The van der Waals surface area contributed by atoms with Gasteiger partial charge in [-0.2, -0.15) is 0 Å². The number of methoxy groups -OCH3 is 1. The van der Waals surface area contributed by atoms with Gasteiger partial charge < -0.3 is 10.1 Å². The van der Waals surface area contributed by atoms with E-state index in [9.17, 15) is 9.59 Å². The number of allylic oxidation sites excluding steroid dienone is 1. The number of nitrogens with one attached hydrogen (secondary N) is 1. The average Bonchev–Trinajstić information content (AvgIpc) is 2.53. The second-order valence-corrected chi connectivity index (χ2v) is 4.73. The topological polar surface area (TPSA) is 55.4 Å². The average molecular weight is 295 g/mol. The lowest BCUT2D eigenvalue weighted by Crippen LogP contribution is -2.05. The van der Waals surface area contributed by atoms with Crippen molar-refractivity contribution in [2.24, 2.45) is 0 Å².